The topological polar surface area (TPSA) is 12.0 Å². The Balaban J connectivity index is 2.04. The molecule has 1 N–H and O–H groups in total. The molecule has 1 aromatic carbocycles. The second kappa shape index (κ2) is 4.55. The molecule has 70 valence electrons. The van der Waals surface area contributed by atoms with Crippen LogP contribution in [0, 0.1) is 3.57 Å². The van der Waals surface area contributed by atoms with Crippen LogP contribution in [0.2, 0.25) is 0 Å². The van der Waals surface area contributed by atoms with Gasteiger partial charge in [0.2, 0.25) is 0 Å². The van der Waals surface area contributed by atoms with Crippen molar-refractivity contribution in [1.82, 2.24) is 0 Å². The lowest BCUT2D eigenvalue weighted by atomic mass is 10.2. The zero-order chi connectivity index (χ0) is 9.10. The van der Waals surface area contributed by atoms with Gasteiger partial charge < -0.3 is 5.32 Å². The summed E-state index contributed by atoms with van der Waals surface area (Å²) in [5.41, 5.74) is 1.29. The zero-order valence-corrected chi connectivity index (χ0v) is 10.3. The highest BCUT2D eigenvalue weighted by Gasteiger charge is 2.15. The maximum absolute atomic E-state index is 3.58. The van der Waals surface area contributed by atoms with E-state index in [0.29, 0.717) is 6.04 Å². The molecule has 1 atom stereocenters. The minimum absolute atomic E-state index is 0.681. The Labute approximate surface area is 96.8 Å². The Bertz CT molecular complexity index is 284. The van der Waals surface area contributed by atoms with Gasteiger partial charge in [-0.2, -0.15) is 11.8 Å². The van der Waals surface area contributed by atoms with Crippen LogP contribution in [0.15, 0.2) is 24.3 Å². The van der Waals surface area contributed by atoms with Crippen LogP contribution in [0.4, 0.5) is 5.69 Å². The fourth-order valence-corrected chi connectivity index (χ4v) is 3.14. The standard InChI is InChI=1S/C10H12INS/c11-9-3-1-2-4-10(9)12-8-5-6-13-7-8/h1-4,8,12H,5-7H2/t8-/m1/s1. The van der Waals surface area contributed by atoms with Crippen molar-refractivity contribution in [3.63, 3.8) is 0 Å². The van der Waals surface area contributed by atoms with Crippen molar-refractivity contribution in [2.24, 2.45) is 0 Å². The normalized spacial score (nSPS) is 21.8. The van der Waals surface area contributed by atoms with E-state index < -0.39 is 0 Å². The number of benzene rings is 1. The highest BCUT2D eigenvalue weighted by atomic mass is 127. The maximum atomic E-state index is 3.58. The van der Waals surface area contributed by atoms with Crippen molar-refractivity contribution in [3.8, 4) is 0 Å². The number of para-hydroxylation sites is 1. The Morgan fingerprint density at radius 2 is 2.23 bits per heavy atom. The SMILES string of the molecule is Ic1ccccc1N[C@@H]1CCSC1. The van der Waals surface area contributed by atoms with Gasteiger partial charge in [-0.25, -0.2) is 0 Å². The molecule has 1 aliphatic heterocycles. The van der Waals surface area contributed by atoms with Gasteiger partial charge in [-0.15, -0.1) is 0 Å². The molecule has 1 nitrogen and oxygen atoms in total. The Kier molecular flexibility index (Phi) is 3.38. The number of halogens is 1. The molecule has 1 aromatic rings. The van der Waals surface area contributed by atoms with Crippen LogP contribution in [0.1, 0.15) is 6.42 Å². The summed E-state index contributed by atoms with van der Waals surface area (Å²) in [5.74, 6) is 2.56. The van der Waals surface area contributed by atoms with Gasteiger partial charge in [0.15, 0.2) is 0 Å². The molecule has 1 fully saturated rings. The number of hydrogen-bond acceptors (Lipinski definition) is 2. The molecule has 0 aliphatic carbocycles. The average Bonchev–Trinajstić information content (AvgIpc) is 2.61. The number of nitrogens with one attached hydrogen (secondary N) is 1. The fourth-order valence-electron chi connectivity index (χ4n) is 1.45. The molecule has 0 spiro atoms. The maximum Gasteiger partial charge on any atom is 0.0478 e. The first-order valence-electron chi connectivity index (χ1n) is 4.45. The monoisotopic (exact) mass is 305 g/mol. The first-order valence-corrected chi connectivity index (χ1v) is 6.68. The molecule has 13 heavy (non-hydrogen) atoms. The molecule has 0 aromatic heterocycles. The van der Waals surface area contributed by atoms with Gasteiger partial charge in [0.25, 0.3) is 0 Å². The highest BCUT2D eigenvalue weighted by Crippen LogP contribution is 2.24. The van der Waals surface area contributed by atoms with Crippen molar-refractivity contribution in [1.29, 1.82) is 0 Å². The third kappa shape index (κ3) is 2.53. The van der Waals surface area contributed by atoms with Crippen molar-refractivity contribution >= 4 is 40.0 Å². The van der Waals surface area contributed by atoms with Crippen molar-refractivity contribution in [3.05, 3.63) is 27.8 Å². The summed E-state index contributed by atoms with van der Waals surface area (Å²) in [4.78, 5) is 0. The van der Waals surface area contributed by atoms with Crippen LogP contribution in [0.25, 0.3) is 0 Å². The first kappa shape index (κ1) is 9.65. The molecule has 0 amide bonds. The summed E-state index contributed by atoms with van der Waals surface area (Å²) in [6.07, 6.45) is 1.30. The predicted molar refractivity (Wildman–Crippen MR) is 68.5 cm³/mol. The van der Waals surface area contributed by atoms with Gasteiger partial charge in [-0.05, 0) is 46.9 Å². The molecule has 0 radical (unpaired) electrons. The lowest BCUT2D eigenvalue weighted by Gasteiger charge is -2.13. The lowest BCUT2D eigenvalue weighted by Crippen LogP contribution is -2.18. The molecular formula is C10H12INS. The summed E-state index contributed by atoms with van der Waals surface area (Å²) < 4.78 is 1.32. The molecule has 1 saturated heterocycles. The van der Waals surface area contributed by atoms with E-state index in [-0.39, 0.29) is 0 Å². The van der Waals surface area contributed by atoms with Crippen molar-refractivity contribution < 1.29 is 0 Å². The third-order valence-electron chi connectivity index (χ3n) is 2.16. The number of rotatable bonds is 2. The fraction of sp³-hybridized carbons (Fsp3) is 0.400. The van der Waals surface area contributed by atoms with E-state index >= 15 is 0 Å². The average molecular weight is 305 g/mol. The van der Waals surface area contributed by atoms with E-state index in [0.717, 1.165) is 0 Å². The summed E-state index contributed by atoms with van der Waals surface area (Å²) in [7, 11) is 0. The number of hydrogen-bond donors (Lipinski definition) is 1. The van der Waals surface area contributed by atoms with Crippen LogP contribution in [0.3, 0.4) is 0 Å². The van der Waals surface area contributed by atoms with Gasteiger partial charge >= 0.3 is 0 Å². The van der Waals surface area contributed by atoms with Crippen LogP contribution in [0.5, 0.6) is 0 Å². The number of thioether (sulfide) groups is 1. The second-order valence-electron chi connectivity index (χ2n) is 3.18. The van der Waals surface area contributed by atoms with Crippen LogP contribution < -0.4 is 5.32 Å². The zero-order valence-electron chi connectivity index (χ0n) is 7.29. The molecule has 0 saturated carbocycles. The molecule has 3 heteroatoms. The summed E-state index contributed by atoms with van der Waals surface area (Å²) >= 11 is 4.42. The molecule has 1 aliphatic rings. The quantitative estimate of drug-likeness (QED) is 0.842. The summed E-state index contributed by atoms with van der Waals surface area (Å²) in [6.45, 7) is 0. The van der Waals surface area contributed by atoms with E-state index in [1.165, 1.54) is 27.2 Å². The van der Waals surface area contributed by atoms with E-state index in [9.17, 15) is 0 Å². The van der Waals surface area contributed by atoms with Crippen LogP contribution in [-0.4, -0.2) is 17.5 Å². The van der Waals surface area contributed by atoms with Crippen LogP contribution >= 0.6 is 34.4 Å². The van der Waals surface area contributed by atoms with E-state index in [1.54, 1.807) is 0 Å². The minimum atomic E-state index is 0.681. The largest absolute Gasteiger partial charge is 0.381 e. The van der Waals surface area contributed by atoms with E-state index in [2.05, 4.69) is 52.2 Å². The third-order valence-corrected chi connectivity index (χ3v) is 4.27. The van der Waals surface area contributed by atoms with Gasteiger partial charge in [0, 0.05) is 21.1 Å². The molecule has 1 heterocycles. The highest BCUT2D eigenvalue weighted by molar-refractivity contribution is 14.1. The first-order chi connectivity index (χ1) is 6.36. The van der Waals surface area contributed by atoms with Gasteiger partial charge in [0.1, 0.15) is 0 Å². The molecule has 2 rings (SSSR count). The molecule has 0 bridgehead atoms. The van der Waals surface area contributed by atoms with Crippen LogP contribution in [-0.2, 0) is 0 Å². The van der Waals surface area contributed by atoms with Gasteiger partial charge in [-0.3, -0.25) is 0 Å². The Morgan fingerprint density at radius 3 is 2.92 bits per heavy atom. The smallest absolute Gasteiger partial charge is 0.0478 e. The minimum Gasteiger partial charge on any atom is -0.381 e. The summed E-state index contributed by atoms with van der Waals surface area (Å²) in [6, 6.07) is 9.15. The van der Waals surface area contributed by atoms with Gasteiger partial charge in [0.05, 0.1) is 0 Å². The Hall–Kier alpha value is 0.1000. The predicted octanol–water partition coefficient (Wildman–Crippen LogP) is 3.21. The van der Waals surface area contributed by atoms with Gasteiger partial charge in [-0.1, -0.05) is 12.1 Å². The summed E-state index contributed by atoms with van der Waals surface area (Å²) in [5, 5.41) is 3.58. The van der Waals surface area contributed by atoms with Crippen molar-refractivity contribution in [2.45, 2.75) is 12.5 Å². The lowest BCUT2D eigenvalue weighted by molar-refractivity contribution is 0.812. The Morgan fingerprint density at radius 1 is 1.38 bits per heavy atom. The number of anilines is 1. The van der Waals surface area contributed by atoms with E-state index in [1.807, 2.05) is 11.8 Å². The molecule has 0 unspecified atom stereocenters. The van der Waals surface area contributed by atoms with Crippen molar-refractivity contribution in [2.75, 3.05) is 16.8 Å². The second-order valence-corrected chi connectivity index (χ2v) is 5.50. The molecular weight excluding hydrogens is 293 g/mol. The van der Waals surface area contributed by atoms with E-state index in [4.69, 9.17) is 0 Å².